The summed E-state index contributed by atoms with van der Waals surface area (Å²) in [6.45, 7) is 18.7. The van der Waals surface area contributed by atoms with E-state index in [1.165, 1.54) is 37.5 Å². The summed E-state index contributed by atoms with van der Waals surface area (Å²) in [5.74, 6) is 2.00. The number of nitrogens with zero attached hydrogens (tertiary/aromatic N) is 3. The molecule has 0 bridgehead atoms. The van der Waals surface area contributed by atoms with Crippen molar-refractivity contribution in [1.82, 2.24) is 14.1 Å². The molecule has 0 aliphatic heterocycles. The van der Waals surface area contributed by atoms with Crippen molar-refractivity contribution >= 4 is 15.8 Å². The van der Waals surface area contributed by atoms with Gasteiger partial charge in [-0.2, -0.15) is 0 Å². The van der Waals surface area contributed by atoms with Crippen molar-refractivity contribution in [2.45, 2.75) is 130 Å². The molecule has 0 aliphatic carbocycles. The van der Waals surface area contributed by atoms with E-state index in [1.807, 2.05) is 18.3 Å². The molecule has 0 radical (unpaired) electrons. The van der Waals surface area contributed by atoms with E-state index in [0.717, 1.165) is 60.6 Å². The van der Waals surface area contributed by atoms with E-state index in [4.69, 9.17) is 16.6 Å². The molecule has 0 spiro atoms. The van der Waals surface area contributed by atoms with Crippen LogP contribution in [0.25, 0.3) is 11.4 Å². The zero-order valence-corrected chi connectivity index (χ0v) is 31.2. The van der Waals surface area contributed by atoms with E-state index < -0.39 is 0 Å². The average molecular weight is 720 g/mol. The van der Waals surface area contributed by atoms with E-state index in [2.05, 4.69) is 113 Å². The van der Waals surface area contributed by atoms with Gasteiger partial charge >= 0.3 is 287 Å². The van der Waals surface area contributed by atoms with E-state index in [9.17, 15) is 0 Å². The van der Waals surface area contributed by atoms with Crippen LogP contribution in [0.2, 0.25) is 5.02 Å². The maximum absolute atomic E-state index is 6.88. The first-order chi connectivity index (χ1) is 21.9. The molecule has 0 amide bonds. The van der Waals surface area contributed by atoms with Crippen molar-refractivity contribution in [3.63, 3.8) is 0 Å². The van der Waals surface area contributed by atoms with Gasteiger partial charge in [0.15, 0.2) is 0 Å². The molecule has 0 saturated heterocycles. The normalized spacial score (nSPS) is 12.0. The molecule has 2 aromatic heterocycles. The van der Waals surface area contributed by atoms with Gasteiger partial charge in [0, 0.05) is 0 Å². The SMILES string of the molecule is CCC(CC)c1cccc(C(CC)CC)c1-n1ccn(-c2c(C(CC)CC)cccc2C(CC)CC)[c]1=[Pd][c]1ncccc1Cl. The van der Waals surface area contributed by atoms with Crippen LogP contribution in [0.1, 0.15) is 153 Å². The Bertz CT molecular complexity index is 1430. The molecule has 4 aromatic rings. The molecule has 0 unspecified atom stereocenters. The zero-order valence-electron chi connectivity index (χ0n) is 28.9. The van der Waals surface area contributed by atoms with Gasteiger partial charge in [0.25, 0.3) is 0 Å². The summed E-state index contributed by atoms with van der Waals surface area (Å²) in [4.78, 5) is 4.85. The second kappa shape index (κ2) is 17.1. The number of halogens is 1. The third-order valence-corrected chi connectivity index (χ3v) is 12.6. The van der Waals surface area contributed by atoms with Crippen LogP contribution in [0.4, 0.5) is 0 Å². The molecule has 45 heavy (non-hydrogen) atoms. The van der Waals surface area contributed by atoms with Gasteiger partial charge in [-0.15, -0.1) is 0 Å². The van der Waals surface area contributed by atoms with Crippen LogP contribution in [0, 0.1) is 3.89 Å². The fourth-order valence-corrected chi connectivity index (χ4v) is 9.30. The van der Waals surface area contributed by atoms with Gasteiger partial charge < -0.3 is 0 Å². The summed E-state index contributed by atoms with van der Waals surface area (Å²) in [7, 11) is 0. The molecule has 3 nitrogen and oxygen atoms in total. The quantitative estimate of drug-likeness (QED) is 0.112. The fourth-order valence-electron chi connectivity index (χ4n) is 7.19. The van der Waals surface area contributed by atoms with Crippen LogP contribution in [0.3, 0.4) is 0 Å². The van der Waals surface area contributed by atoms with Crippen LogP contribution in [0.5, 0.6) is 0 Å². The van der Waals surface area contributed by atoms with Crippen LogP contribution < -0.4 is 4.17 Å². The van der Waals surface area contributed by atoms with Crippen LogP contribution >= 0.6 is 11.6 Å². The van der Waals surface area contributed by atoms with Gasteiger partial charge in [0.2, 0.25) is 0 Å². The number of imidazole rings is 1. The first kappa shape index (κ1) is 35.6. The Morgan fingerprint density at radius 1 is 0.556 bits per heavy atom. The first-order valence-electron chi connectivity index (χ1n) is 17.5. The molecule has 0 aliphatic rings. The molecule has 2 aromatic carbocycles. The number of aromatic nitrogens is 3. The van der Waals surface area contributed by atoms with Gasteiger partial charge in [-0.1, -0.05) is 0 Å². The third-order valence-electron chi connectivity index (χ3n) is 9.95. The van der Waals surface area contributed by atoms with E-state index >= 15 is 0 Å². The summed E-state index contributed by atoms with van der Waals surface area (Å²) in [6.07, 6.45) is 15.6. The maximum atomic E-state index is 6.88. The van der Waals surface area contributed by atoms with Gasteiger partial charge in [-0.05, 0) is 0 Å². The first-order valence-corrected chi connectivity index (χ1v) is 19.4. The Kier molecular flexibility index (Phi) is 13.5. The van der Waals surface area contributed by atoms with Crippen LogP contribution in [0.15, 0.2) is 67.1 Å². The molecule has 4 rings (SSSR count). The Morgan fingerprint density at radius 3 is 1.22 bits per heavy atom. The Morgan fingerprint density at radius 2 is 0.911 bits per heavy atom. The fraction of sp³-hybridized carbons (Fsp3) is 0.500. The molecular weight excluding hydrogens is 664 g/mol. The van der Waals surface area contributed by atoms with Crippen molar-refractivity contribution in [3.05, 3.63) is 98.3 Å². The minimum atomic E-state index is 0.0181. The Hall–Kier alpha value is -2.25. The molecule has 0 atom stereocenters. The number of rotatable bonds is 15. The number of pyridine rings is 1. The molecule has 0 saturated carbocycles. The van der Waals surface area contributed by atoms with Gasteiger partial charge in [-0.3, -0.25) is 0 Å². The number of para-hydroxylation sites is 2. The number of hydrogen-bond acceptors (Lipinski definition) is 1. The van der Waals surface area contributed by atoms with Crippen molar-refractivity contribution in [3.8, 4) is 11.4 Å². The molecule has 247 valence electrons. The van der Waals surface area contributed by atoms with Gasteiger partial charge in [0.1, 0.15) is 0 Å². The van der Waals surface area contributed by atoms with Crippen molar-refractivity contribution in [2.75, 3.05) is 0 Å². The summed E-state index contributed by atoms with van der Waals surface area (Å²) >= 11 is 6.89. The molecule has 2 heterocycles. The summed E-state index contributed by atoms with van der Waals surface area (Å²) in [5, 5.41) is 0.743. The van der Waals surface area contributed by atoms with E-state index in [0.29, 0.717) is 23.7 Å². The predicted octanol–water partition coefficient (Wildman–Crippen LogP) is 11.9. The van der Waals surface area contributed by atoms with Crippen LogP contribution in [-0.4, -0.2) is 14.1 Å². The standard InChI is InChI=1S/C35H52N2.C5H3ClN.Pd/c1-9-26(10-2)30-19-17-20-31(27(11-3)12-4)34(30)36-23-24-37(25-36)35-32(28(13-5)14-6)21-18-22-33(35)29(15-7)16-8;6-5-2-1-3-7-4-5;/h17-24,26-29H,9-16H2,1-8H3;1-3H;. The van der Waals surface area contributed by atoms with Crippen molar-refractivity contribution in [2.24, 2.45) is 0 Å². The second-order valence-electron chi connectivity index (χ2n) is 12.2. The van der Waals surface area contributed by atoms with Crippen molar-refractivity contribution < 1.29 is 17.5 Å². The van der Waals surface area contributed by atoms with Crippen molar-refractivity contribution in [1.29, 1.82) is 0 Å². The van der Waals surface area contributed by atoms with E-state index in [1.54, 1.807) is 0 Å². The Labute approximate surface area is 286 Å². The topological polar surface area (TPSA) is 22.8 Å². The minimum absolute atomic E-state index is 0.0181. The molecule has 5 heteroatoms. The average Bonchev–Trinajstić information content (AvgIpc) is 3.47. The zero-order chi connectivity index (χ0) is 32.5. The van der Waals surface area contributed by atoms with E-state index in [-0.39, 0.29) is 17.5 Å². The monoisotopic (exact) mass is 718 g/mol. The summed E-state index contributed by atoms with van der Waals surface area (Å²) < 4.78 is 7.32. The molecule has 0 N–H and O–H groups in total. The summed E-state index contributed by atoms with van der Waals surface area (Å²) in [5.41, 5.74) is 8.60. The van der Waals surface area contributed by atoms with Crippen LogP contribution in [-0.2, 0) is 17.5 Å². The second-order valence-corrected chi connectivity index (χ2v) is 14.5. The Balaban J connectivity index is 2.23. The molecular formula is C40H55ClN3Pd. The molecule has 0 fully saturated rings. The predicted molar refractivity (Wildman–Crippen MR) is 191 cm³/mol. The third kappa shape index (κ3) is 7.51. The number of hydrogen-bond donors (Lipinski definition) is 0. The number of benzene rings is 2. The van der Waals surface area contributed by atoms with Gasteiger partial charge in [-0.25, -0.2) is 0 Å². The van der Waals surface area contributed by atoms with Gasteiger partial charge in [0.05, 0.1) is 0 Å². The summed E-state index contributed by atoms with van der Waals surface area (Å²) in [6, 6.07) is 18.1.